The highest BCUT2D eigenvalue weighted by atomic mass is 32.2. The number of nitrogens with one attached hydrogen (secondary N) is 1. The summed E-state index contributed by atoms with van der Waals surface area (Å²) in [7, 11) is 2.50. The fourth-order valence-electron chi connectivity index (χ4n) is 9.83. The number of benzene rings is 2. The molecule has 1 aromatic heterocycles. The van der Waals surface area contributed by atoms with Gasteiger partial charge >= 0.3 is 10.2 Å². The largest absolute Gasteiger partial charge is 0.497 e. The van der Waals surface area contributed by atoms with Crippen molar-refractivity contribution in [2.24, 2.45) is 5.41 Å². The molecule has 0 spiro atoms. The van der Waals surface area contributed by atoms with Crippen molar-refractivity contribution in [3.8, 4) is 17.0 Å². The number of ether oxygens (including phenoxy) is 1. The standard InChI is InChI=1S/C38H48N6O6S/c1-23(45)44-26-18-41(4)19-27(44)21-42(20-26)37(47)38-17-32(38)31-16-28(50-5)12-14-29(31)35-34(24-9-7-6-8-10-24)30-13-11-25(15-33(30)43(35)22-38)36(46)39-51(48,49)40(2)3/h11-16,24,26-27,32H,6-10,17-22H2,1-5H3,(H,39,46). The summed E-state index contributed by atoms with van der Waals surface area (Å²) in [6.07, 6.45) is 6.30. The zero-order valence-electron chi connectivity index (χ0n) is 30.1. The molecule has 2 saturated heterocycles. The van der Waals surface area contributed by atoms with Gasteiger partial charge in [0.05, 0.1) is 30.3 Å². The molecule has 3 aliphatic heterocycles. The number of amides is 3. The van der Waals surface area contributed by atoms with Gasteiger partial charge in [-0.3, -0.25) is 14.4 Å². The first-order valence-corrected chi connectivity index (χ1v) is 19.6. The van der Waals surface area contributed by atoms with E-state index in [1.54, 1.807) is 20.1 Å². The first-order valence-electron chi connectivity index (χ1n) is 18.2. The molecular formula is C38H48N6O6S. The second-order valence-electron chi connectivity index (χ2n) is 15.7. The Morgan fingerprint density at radius 3 is 2.31 bits per heavy atom. The van der Waals surface area contributed by atoms with Crippen LogP contribution in [0, 0.1) is 5.41 Å². The van der Waals surface area contributed by atoms with E-state index in [-0.39, 0.29) is 35.4 Å². The third-order valence-electron chi connectivity index (χ3n) is 12.3. The molecule has 51 heavy (non-hydrogen) atoms. The third-order valence-corrected chi connectivity index (χ3v) is 13.7. The van der Waals surface area contributed by atoms with Crippen molar-refractivity contribution in [1.82, 2.24) is 28.3 Å². The maximum Gasteiger partial charge on any atom is 0.303 e. The normalized spacial score (nSPS) is 26.3. The Morgan fingerprint density at radius 1 is 0.961 bits per heavy atom. The van der Waals surface area contributed by atoms with E-state index in [4.69, 9.17) is 4.74 Å². The highest BCUT2D eigenvalue weighted by Crippen LogP contribution is 2.66. The van der Waals surface area contributed by atoms with E-state index in [0.29, 0.717) is 32.0 Å². The van der Waals surface area contributed by atoms with Crippen LogP contribution in [-0.2, 0) is 26.3 Å². The fraction of sp³-hybridized carbons (Fsp3) is 0.553. The molecule has 4 atom stereocenters. The molecule has 13 heteroatoms. The number of carbonyl (C=O) groups excluding carboxylic acids is 3. The number of piperazine rings is 2. The number of fused-ring (bicyclic) bond motifs is 9. The third kappa shape index (κ3) is 5.54. The summed E-state index contributed by atoms with van der Waals surface area (Å²) >= 11 is 0. The number of hydrogen-bond acceptors (Lipinski definition) is 7. The first-order chi connectivity index (χ1) is 24.3. The molecule has 4 heterocycles. The van der Waals surface area contributed by atoms with E-state index in [9.17, 15) is 18.0 Å². The number of nitrogens with zero attached hydrogens (tertiary/aromatic N) is 5. The molecule has 2 bridgehead atoms. The van der Waals surface area contributed by atoms with Crippen LogP contribution in [0.2, 0.25) is 0 Å². The summed E-state index contributed by atoms with van der Waals surface area (Å²) in [5, 5.41) is 1.04. The Kier molecular flexibility index (Phi) is 8.27. The van der Waals surface area contributed by atoms with Crippen molar-refractivity contribution < 1.29 is 27.5 Å². The van der Waals surface area contributed by atoms with Crippen molar-refractivity contribution in [2.45, 2.75) is 75.9 Å². The number of hydrogen-bond donors (Lipinski definition) is 1. The number of carbonyl (C=O) groups is 3. The van der Waals surface area contributed by atoms with Crippen molar-refractivity contribution in [2.75, 3.05) is 54.4 Å². The number of likely N-dealkylation sites (N-methyl/N-ethyl adjacent to an activating group) is 1. The van der Waals surface area contributed by atoms with E-state index in [0.717, 1.165) is 76.6 Å². The van der Waals surface area contributed by atoms with Gasteiger partial charge < -0.3 is 24.0 Å². The van der Waals surface area contributed by atoms with Crippen molar-refractivity contribution in [3.63, 3.8) is 0 Å². The topological polar surface area (TPSA) is 124 Å². The molecule has 4 unspecified atom stereocenters. The molecule has 8 rings (SSSR count). The zero-order chi connectivity index (χ0) is 36.0. The summed E-state index contributed by atoms with van der Waals surface area (Å²) in [6, 6.07) is 11.6. The summed E-state index contributed by atoms with van der Waals surface area (Å²) in [4.78, 5) is 47.5. The van der Waals surface area contributed by atoms with Gasteiger partial charge in [0.25, 0.3) is 5.91 Å². The molecule has 1 N–H and O–H groups in total. The summed E-state index contributed by atoms with van der Waals surface area (Å²) in [5.74, 6) is 0.519. The summed E-state index contributed by atoms with van der Waals surface area (Å²) < 4.78 is 36.4. The molecule has 2 aromatic carbocycles. The first kappa shape index (κ1) is 34.2. The fourth-order valence-corrected chi connectivity index (χ4v) is 10.4. The van der Waals surface area contributed by atoms with E-state index in [2.05, 4.69) is 33.4 Å². The Labute approximate surface area is 299 Å². The molecule has 12 nitrogen and oxygen atoms in total. The van der Waals surface area contributed by atoms with Crippen LogP contribution in [-0.4, -0.2) is 116 Å². The SMILES string of the molecule is COc1ccc2c(c1)C1CC1(C(=O)N1CC3CN(C)CC(C1)N3C(C)=O)Cn1c-2c(C2CCCCC2)c2ccc(C(=O)NS(=O)(=O)N(C)C)cc21. The molecule has 3 aromatic rings. The molecule has 5 aliphatic rings. The Hall–Kier alpha value is -3.94. The van der Waals surface area contributed by atoms with Gasteiger partial charge in [-0.1, -0.05) is 25.3 Å². The molecule has 2 saturated carbocycles. The van der Waals surface area contributed by atoms with Gasteiger partial charge in [-0.25, -0.2) is 4.72 Å². The highest BCUT2D eigenvalue weighted by Gasteiger charge is 2.64. The second kappa shape index (κ2) is 12.3. The van der Waals surface area contributed by atoms with Crippen molar-refractivity contribution in [1.29, 1.82) is 0 Å². The minimum atomic E-state index is -4.00. The average molecular weight is 717 g/mol. The van der Waals surface area contributed by atoms with Gasteiger partial charge in [0.2, 0.25) is 11.8 Å². The Morgan fingerprint density at radius 2 is 1.67 bits per heavy atom. The predicted molar refractivity (Wildman–Crippen MR) is 194 cm³/mol. The van der Waals surface area contributed by atoms with Gasteiger partial charge in [0.15, 0.2) is 0 Å². The quantitative estimate of drug-likeness (QED) is 0.412. The van der Waals surface area contributed by atoms with Crippen LogP contribution < -0.4 is 9.46 Å². The molecule has 4 fully saturated rings. The lowest BCUT2D eigenvalue weighted by atomic mass is 9.81. The maximum absolute atomic E-state index is 15.1. The van der Waals surface area contributed by atoms with Crippen LogP contribution in [0.3, 0.4) is 0 Å². The Balaban J connectivity index is 1.28. The van der Waals surface area contributed by atoms with Crippen LogP contribution in [0.5, 0.6) is 5.75 Å². The van der Waals surface area contributed by atoms with E-state index in [1.165, 1.54) is 26.1 Å². The number of methoxy groups -OCH3 is 1. The van der Waals surface area contributed by atoms with Gasteiger partial charge in [-0.2, -0.15) is 12.7 Å². The van der Waals surface area contributed by atoms with E-state index in [1.807, 2.05) is 28.0 Å². The lowest BCUT2D eigenvalue weighted by molar-refractivity contribution is -0.154. The van der Waals surface area contributed by atoms with Crippen LogP contribution in [0.15, 0.2) is 36.4 Å². The lowest BCUT2D eigenvalue weighted by Crippen LogP contribution is -2.70. The van der Waals surface area contributed by atoms with E-state index >= 15 is 4.79 Å². The molecule has 2 aliphatic carbocycles. The van der Waals surface area contributed by atoms with E-state index < -0.39 is 21.5 Å². The Bertz CT molecular complexity index is 2040. The van der Waals surface area contributed by atoms with Crippen LogP contribution in [0.4, 0.5) is 0 Å². The van der Waals surface area contributed by atoms with Gasteiger partial charge in [0.1, 0.15) is 5.75 Å². The van der Waals surface area contributed by atoms with Crippen molar-refractivity contribution in [3.05, 3.63) is 53.1 Å². The van der Waals surface area contributed by atoms with Crippen LogP contribution >= 0.6 is 0 Å². The minimum Gasteiger partial charge on any atom is -0.497 e. The van der Waals surface area contributed by atoms with Gasteiger partial charge in [-0.05, 0) is 73.7 Å². The number of aromatic nitrogens is 1. The lowest BCUT2D eigenvalue weighted by Gasteiger charge is -2.52. The molecule has 3 amide bonds. The minimum absolute atomic E-state index is 0.0191. The zero-order valence-corrected chi connectivity index (χ0v) is 31.0. The van der Waals surface area contributed by atoms with Crippen molar-refractivity contribution >= 4 is 38.8 Å². The number of rotatable bonds is 6. The van der Waals surface area contributed by atoms with Gasteiger partial charge in [-0.15, -0.1) is 0 Å². The monoisotopic (exact) mass is 716 g/mol. The highest BCUT2D eigenvalue weighted by molar-refractivity contribution is 7.87. The van der Waals surface area contributed by atoms with Crippen LogP contribution in [0.25, 0.3) is 22.2 Å². The summed E-state index contributed by atoms with van der Waals surface area (Å²) in [5.41, 5.74) is 4.90. The molecule has 0 radical (unpaired) electrons. The maximum atomic E-state index is 15.1. The predicted octanol–water partition coefficient (Wildman–Crippen LogP) is 3.76. The average Bonchev–Trinajstić information content (AvgIpc) is 3.76. The second-order valence-corrected chi connectivity index (χ2v) is 17.5. The molecular weight excluding hydrogens is 669 g/mol. The smallest absolute Gasteiger partial charge is 0.303 e. The van der Waals surface area contributed by atoms with Gasteiger partial charge in [0, 0.05) is 81.7 Å². The van der Waals surface area contributed by atoms with Crippen LogP contribution in [0.1, 0.15) is 78.8 Å². The summed E-state index contributed by atoms with van der Waals surface area (Å²) in [6.45, 7) is 4.51. The molecule has 272 valence electrons.